The monoisotopic (exact) mass is 495 g/mol. The van der Waals surface area contributed by atoms with Crippen molar-refractivity contribution >= 4 is 33.2 Å². The first-order valence-electron chi connectivity index (χ1n) is 10.7. The van der Waals surface area contributed by atoms with Crippen LogP contribution in [0.25, 0.3) is 0 Å². The van der Waals surface area contributed by atoms with Crippen molar-refractivity contribution < 1.29 is 22.7 Å². The SMILES string of the molecule is COc1cc(OC)c(NS(=O)(=O)c2ccc(C)c(C(=O)N3CCN(C(C)C)CC3)c2)cc1Cl. The largest absolute Gasteiger partial charge is 0.495 e. The molecule has 3 rings (SSSR count). The molecule has 33 heavy (non-hydrogen) atoms. The molecule has 0 bridgehead atoms. The van der Waals surface area contributed by atoms with Crippen LogP contribution < -0.4 is 14.2 Å². The van der Waals surface area contributed by atoms with Gasteiger partial charge in [-0.3, -0.25) is 14.4 Å². The van der Waals surface area contributed by atoms with Crippen LogP contribution in [0.5, 0.6) is 11.5 Å². The van der Waals surface area contributed by atoms with E-state index in [1.165, 1.54) is 38.5 Å². The van der Waals surface area contributed by atoms with E-state index in [0.29, 0.717) is 30.4 Å². The molecule has 8 nitrogen and oxygen atoms in total. The number of anilines is 1. The molecule has 1 aliphatic rings. The van der Waals surface area contributed by atoms with Crippen molar-refractivity contribution in [3.63, 3.8) is 0 Å². The lowest BCUT2D eigenvalue weighted by molar-refractivity contribution is 0.0594. The number of methoxy groups -OCH3 is 2. The second-order valence-electron chi connectivity index (χ2n) is 8.19. The summed E-state index contributed by atoms with van der Waals surface area (Å²) in [5, 5.41) is 0.233. The minimum atomic E-state index is -4.01. The van der Waals surface area contributed by atoms with E-state index < -0.39 is 10.0 Å². The summed E-state index contributed by atoms with van der Waals surface area (Å²) in [5.41, 5.74) is 1.26. The number of ether oxygens (including phenoxy) is 2. The molecule has 1 N–H and O–H groups in total. The number of rotatable bonds is 7. The maximum Gasteiger partial charge on any atom is 0.262 e. The molecule has 1 heterocycles. The van der Waals surface area contributed by atoms with Crippen LogP contribution in [0.3, 0.4) is 0 Å². The van der Waals surface area contributed by atoms with Gasteiger partial charge in [-0.1, -0.05) is 17.7 Å². The standard InChI is InChI=1S/C23H30ClN3O5S/c1-15(2)26-8-10-27(11-9-26)23(28)18-12-17(7-6-16(18)3)33(29,30)25-20-13-19(24)21(31-4)14-22(20)32-5/h6-7,12-15,25H,8-11H2,1-5H3. The highest BCUT2D eigenvalue weighted by molar-refractivity contribution is 7.92. The molecule has 0 aromatic heterocycles. The van der Waals surface area contributed by atoms with E-state index in [2.05, 4.69) is 23.5 Å². The van der Waals surface area contributed by atoms with Gasteiger partial charge < -0.3 is 14.4 Å². The van der Waals surface area contributed by atoms with Gasteiger partial charge >= 0.3 is 0 Å². The number of benzene rings is 2. The molecule has 0 spiro atoms. The fraction of sp³-hybridized carbons (Fsp3) is 0.435. The summed E-state index contributed by atoms with van der Waals surface area (Å²) in [6, 6.07) is 7.89. The number of carbonyl (C=O) groups excluding carboxylic acids is 1. The van der Waals surface area contributed by atoms with Crippen molar-refractivity contribution in [3.8, 4) is 11.5 Å². The van der Waals surface area contributed by atoms with Gasteiger partial charge in [0.1, 0.15) is 11.5 Å². The Balaban J connectivity index is 1.87. The van der Waals surface area contributed by atoms with Crippen molar-refractivity contribution in [1.29, 1.82) is 0 Å². The molecule has 2 aromatic rings. The predicted octanol–water partition coefficient (Wildman–Crippen LogP) is 3.63. The van der Waals surface area contributed by atoms with Crippen LogP contribution in [0, 0.1) is 6.92 Å². The van der Waals surface area contributed by atoms with Crippen LogP contribution in [0.15, 0.2) is 35.2 Å². The fourth-order valence-corrected chi connectivity index (χ4v) is 5.08. The lowest BCUT2D eigenvalue weighted by Gasteiger charge is -2.37. The minimum absolute atomic E-state index is 0.0220. The number of nitrogens with zero attached hydrogens (tertiary/aromatic N) is 2. The number of nitrogens with one attached hydrogen (secondary N) is 1. The van der Waals surface area contributed by atoms with E-state index in [0.717, 1.165) is 18.7 Å². The quantitative estimate of drug-likeness (QED) is 0.631. The van der Waals surface area contributed by atoms with Crippen LogP contribution in [-0.4, -0.2) is 70.6 Å². The van der Waals surface area contributed by atoms with Gasteiger partial charge in [-0.2, -0.15) is 0 Å². The van der Waals surface area contributed by atoms with E-state index in [4.69, 9.17) is 21.1 Å². The van der Waals surface area contributed by atoms with Gasteiger partial charge in [0.05, 0.1) is 29.8 Å². The van der Waals surface area contributed by atoms with Crippen LogP contribution in [0.2, 0.25) is 5.02 Å². The minimum Gasteiger partial charge on any atom is -0.495 e. The third kappa shape index (κ3) is 5.54. The van der Waals surface area contributed by atoms with Crippen LogP contribution >= 0.6 is 11.6 Å². The maximum absolute atomic E-state index is 13.2. The van der Waals surface area contributed by atoms with E-state index in [-0.39, 0.29) is 27.3 Å². The molecule has 1 saturated heterocycles. The number of piperazine rings is 1. The van der Waals surface area contributed by atoms with Crippen molar-refractivity contribution in [3.05, 3.63) is 46.5 Å². The molecule has 1 fully saturated rings. The number of carbonyl (C=O) groups is 1. The van der Waals surface area contributed by atoms with Crippen molar-refractivity contribution in [2.75, 3.05) is 45.1 Å². The highest BCUT2D eigenvalue weighted by Gasteiger charge is 2.26. The molecule has 10 heteroatoms. The number of aryl methyl sites for hydroxylation is 1. The molecule has 1 aliphatic heterocycles. The summed E-state index contributed by atoms with van der Waals surface area (Å²) in [5.74, 6) is 0.446. The molecule has 0 saturated carbocycles. The predicted molar refractivity (Wildman–Crippen MR) is 129 cm³/mol. The smallest absolute Gasteiger partial charge is 0.262 e. The number of hydrogen-bond donors (Lipinski definition) is 1. The molecular formula is C23H30ClN3O5S. The maximum atomic E-state index is 13.2. The Hall–Kier alpha value is -2.49. The van der Waals surface area contributed by atoms with E-state index in [9.17, 15) is 13.2 Å². The Morgan fingerprint density at radius 2 is 1.67 bits per heavy atom. The summed E-state index contributed by atoms with van der Waals surface area (Å²) in [4.78, 5) is 17.3. The lowest BCUT2D eigenvalue weighted by atomic mass is 10.1. The van der Waals surface area contributed by atoms with Gasteiger partial charge in [0.15, 0.2) is 0 Å². The fourth-order valence-electron chi connectivity index (χ4n) is 3.75. The highest BCUT2D eigenvalue weighted by Crippen LogP contribution is 2.37. The lowest BCUT2D eigenvalue weighted by Crippen LogP contribution is -2.50. The molecule has 0 aliphatic carbocycles. The third-order valence-electron chi connectivity index (χ3n) is 5.80. The van der Waals surface area contributed by atoms with E-state index in [1.54, 1.807) is 17.9 Å². The second-order valence-corrected chi connectivity index (χ2v) is 10.3. The summed E-state index contributed by atoms with van der Waals surface area (Å²) >= 11 is 6.17. The van der Waals surface area contributed by atoms with Gasteiger partial charge in [-0.25, -0.2) is 8.42 Å². The van der Waals surface area contributed by atoms with Gasteiger partial charge in [0.25, 0.3) is 15.9 Å². The molecule has 0 atom stereocenters. The highest BCUT2D eigenvalue weighted by atomic mass is 35.5. The zero-order valence-corrected chi connectivity index (χ0v) is 21.1. The average Bonchev–Trinajstić information content (AvgIpc) is 2.78. The van der Waals surface area contributed by atoms with Gasteiger partial charge in [-0.15, -0.1) is 0 Å². The topological polar surface area (TPSA) is 88.2 Å². The number of hydrogen-bond acceptors (Lipinski definition) is 6. The Labute approximate surface area is 200 Å². The number of halogens is 1. The summed E-state index contributed by atoms with van der Waals surface area (Å²) < 4.78 is 39.2. The Morgan fingerprint density at radius 1 is 1.03 bits per heavy atom. The number of sulfonamides is 1. The van der Waals surface area contributed by atoms with Crippen molar-refractivity contribution in [2.45, 2.75) is 31.7 Å². The third-order valence-corrected chi connectivity index (χ3v) is 7.46. The summed E-state index contributed by atoms with van der Waals surface area (Å²) in [7, 11) is -1.14. The van der Waals surface area contributed by atoms with Crippen molar-refractivity contribution in [1.82, 2.24) is 9.80 Å². The normalized spacial score (nSPS) is 14.9. The first-order chi connectivity index (χ1) is 15.6. The van der Waals surface area contributed by atoms with Crippen LogP contribution in [0.4, 0.5) is 5.69 Å². The molecule has 2 aromatic carbocycles. The number of amides is 1. The molecular weight excluding hydrogens is 466 g/mol. The first-order valence-corrected chi connectivity index (χ1v) is 12.5. The summed E-state index contributed by atoms with van der Waals surface area (Å²) in [6.45, 7) is 8.86. The molecule has 0 radical (unpaired) electrons. The first kappa shape index (κ1) is 25.1. The van der Waals surface area contributed by atoms with Gasteiger partial charge in [0.2, 0.25) is 0 Å². The van der Waals surface area contributed by atoms with E-state index >= 15 is 0 Å². The van der Waals surface area contributed by atoms with Crippen LogP contribution in [0.1, 0.15) is 29.8 Å². The van der Waals surface area contributed by atoms with Crippen molar-refractivity contribution in [2.24, 2.45) is 0 Å². The molecule has 180 valence electrons. The zero-order chi connectivity index (χ0) is 24.3. The Bertz CT molecular complexity index is 1130. The van der Waals surface area contributed by atoms with Crippen LogP contribution in [-0.2, 0) is 10.0 Å². The van der Waals surface area contributed by atoms with Gasteiger partial charge in [0, 0.05) is 43.9 Å². The molecule has 1 amide bonds. The Morgan fingerprint density at radius 3 is 2.24 bits per heavy atom. The van der Waals surface area contributed by atoms with E-state index in [1.807, 2.05) is 0 Å². The average molecular weight is 496 g/mol. The summed E-state index contributed by atoms with van der Waals surface area (Å²) in [6.07, 6.45) is 0. The zero-order valence-electron chi connectivity index (χ0n) is 19.5. The van der Waals surface area contributed by atoms with Gasteiger partial charge in [-0.05, 0) is 44.5 Å². The Kier molecular flexibility index (Phi) is 7.76. The second kappa shape index (κ2) is 10.2. The molecule has 0 unspecified atom stereocenters.